The lowest BCUT2D eigenvalue weighted by Gasteiger charge is -2.16. The highest BCUT2D eigenvalue weighted by Gasteiger charge is 2.30. The average molecular weight is 302 g/mol. The molecule has 1 aromatic carbocycles. The van der Waals surface area contributed by atoms with Crippen LogP contribution in [0.3, 0.4) is 0 Å². The summed E-state index contributed by atoms with van der Waals surface area (Å²) in [6.45, 7) is 1.90. The third kappa shape index (κ3) is 3.26. The van der Waals surface area contributed by atoms with Gasteiger partial charge in [-0.1, -0.05) is 42.1 Å². The van der Waals surface area contributed by atoms with Crippen molar-refractivity contribution < 1.29 is 4.79 Å². The van der Waals surface area contributed by atoms with Crippen LogP contribution in [0.2, 0.25) is 0 Å². The lowest BCUT2D eigenvalue weighted by atomic mass is 10.1. The molecule has 6 heteroatoms. The first kappa shape index (κ1) is 14.1. The van der Waals surface area contributed by atoms with Gasteiger partial charge in [-0.25, -0.2) is 0 Å². The number of hydrogen-bond acceptors (Lipinski definition) is 4. The maximum atomic E-state index is 12.5. The molecular weight excluding hydrogens is 284 g/mol. The number of rotatable bonds is 5. The van der Waals surface area contributed by atoms with Gasteiger partial charge in [0.2, 0.25) is 5.91 Å². The zero-order chi connectivity index (χ0) is 14.8. The molecule has 2 aromatic rings. The van der Waals surface area contributed by atoms with Gasteiger partial charge in [0, 0.05) is 13.1 Å². The van der Waals surface area contributed by atoms with Crippen molar-refractivity contribution in [3.8, 4) is 0 Å². The van der Waals surface area contributed by atoms with E-state index < -0.39 is 0 Å². The van der Waals surface area contributed by atoms with Gasteiger partial charge in [-0.15, -0.1) is 10.2 Å². The predicted octanol–water partition coefficient (Wildman–Crippen LogP) is 2.24. The van der Waals surface area contributed by atoms with Crippen molar-refractivity contribution in [3.05, 3.63) is 41.7 Å². The Bertz CT molecular complexity index is 636. The molecular formula is C15H18N4OS. The molecule has 0 aliphatic heterocycles. The van der Waals surface area contributed by atoms with E-state index in [4.69, 9.17) is 0 Å². The van der Waals surface area contributed by atoms with Crippen molar-refractivity contribution in [1.82, 2.24) is 20.1 Å². The molecule has 5 nitrogen and oxygen atoms in total. The Labute approximate surface area is 128 Å². The Hall–Kier alpha value is -1.82. The van der Waals surface area contributed by atoms with E-state index in [-0.39, 0.29) is 11.2 Å². The largest absolute Gasteiger partial charge is 0.352 e. The van der Waals surface area contributed by atoms with Crippen molar-refractivity contribution in [2.75, 3.05) is 0 Å². The minimum Gasteiger partial charge on any atom is -0.352 e. The van der Waals surface area contributed by atoms with E-state index in [0.717, 1.165) is 29.4 Å². The molecule has 1 aliphatic carbocycles. The third-order valence-corrected chi connectivity index (χ3v) is 4.83. The fourth-order valence-electron chi connectivity index (χ4n) is 2.00. The summed E-state index contributed by atoms with van der Waals surface area (Å²) in [5.74, 6) is 0.890. The minimum absolute atomic E-state index is 0.0503. The van der Waals surface area contributed by atoms with E-state index in [1.165, 1.54) is 11.8 Å². The highest BCUT2D eigenvalue weighted by Crippen LogP contribution is 2.35. The molecule has 1 saturated carbocycles. The Morgan fingerprint density at radius 1 is 1.33 bits per heavy atom. The molecule has 1 aromatic heterocycles. The van der Waals surface area contributed by atoms with E-state index in [1.54, 1.807) is 0 Å². The highest BCUT2D eigenvalue weighted by molar-refractivity contribution is 8.00. The summed E-state index contributed by atoms with van der Waals surface area (Å²) in [5.41, 5.74) is 0.987. The minimum atomic E-state index is -0.297. The van der Waals surface area contributed by atoms with Crippen LogP contribution in [0.5, 0.6) is 0 Å². The number of carbonyl (C=O) groups is 1. The van der Waals surface area contributed by atoms with Gasteiger partial charge in [0.15, 0.2) is 5.16 Å². The van der Waals surface area contributed by atoms with Crippen LogP contribution in [0.4, 0.5) is 0 Å². The summed E-state index contributed by atoms with van der Waals surface area (Å²) in [6.07, 6.45) is 2.17. The molecule has 1 aliphatic rings. The second-order valence-electron chi connectivity index (χ2n) is 5.28. The number of nitrogens with one attached hydrogen (secondary N) is 1. The van der Waals surface area contributed by atoms with Gasteiger partial charge in [-0.05, 0) is 25.3 Å². The molecule has 1 fully saturated rings. The first-order chi connectivity index (χ1) is 10.1. The van der Waals surface area contributed by atoms with Crippen LogP contribution >= 0.6 is 11.8 Å². The quantitative estimate of drug-likeness (QED) is 0.861. The number of nitrogens with zero attached hydrogens (tertiary/aromatic N) is 3. The first-order valence-electron chi connectivity index (χ1n) is 7.03. The van der Waals surface area contributed by atoms with Gasteiger partial charge >= 0.3 is 0 Å². The van der Waals surface area contributed by atoms with E-state index in [0.29, 0.717) is 6.04 Å². The lowest BCUT2D eigenvalue weighted by molar-refractivity contribution is -0.120. The van der Waals surface area contributed by atoms with Crippen LogP contribution in [0, 0.1) is 6.92 Å². The maximum absolute atomic E-state index is 12.5. The van der Waals surface area contributed by atoms with Crippen molar-refractivity contribution in [3.63, 3.8) is 0 Å². The molecule has 110 valence electrons. The highest BCUT2D eigenvalue weighted by atomic mass is 32.2. The molecule has 1 atom stereocenters. The van der Waals surface area contributed by atoms with E-state index >= 15 is 0 Å². The van der Waals surface area contributed by atoms with Gasteiger partial charge in [0.25, 0.3) is 0 Å². The Balaban J connectivity index is 1.84. The molecule has 0 bridgehead atoms. The molecule has 0 radical (unpaired) electrons. The smallest absolute Gasteiger partial charge is 0.238 e. The number of amides is 1. The second kappa shape index (κ2) is 5.89. The predicted molar refractivity (Wildman–Crippen MR) is 81.9 cm³/mol. The third-order valence-electron chi connectivity index (χ3n) is 3.54. The standard InChI is InChI=1S/C15H18N4OS/c1-10-17-18-15(19(10)2)21-13(11-6-4-3-5-7-11)14(20)16-12-8-9-12/h3-7,12-13H,8-9H2,1-2H3,(H,16,20)/t13-/m0/s1. The van der Waals surface area contributed by atoms with Crippen LogP contribution in [0.25, 0.3) is 0 Å². The Kier molecular flexibility index (Phi) is 3.96. The molecule has 21 heavy (non-hydrogen) atoms. The number of benzene rings is 1. The summed E-state index contributed by atoms with van der Waals surface area (Å²) in [6, 6.07) is 10.2. The summed E-state index contributed by atoms with van der Waals surface area (Å²) in [7, 11) is 1.92. The van der Waals surface area contributed by atoms with Gasteiger partial charge < -0.3 is 9.88 Å². The van der Waals surface area contributed by atoms with Gasteiger partial charge in [0.05, 0.1) is 0 Å². The van der Waals surface area contributed by atoms with Crippen molar-refractivity contribution in [2.45, 2.75) is 36.2 Å². The topological polar surface area (TPSA) is 59.8 Å². The van der Waals surface area contributed by atoms with Crippen molar-refractivity contribution >= 4 is 17.7 Å². The van der Waals surface area contributed by atoms with Crippen LogP contribution < -0.4 is 5.32 Å². The summed E-state index contributed by atoms with van der Waals surface area (Å²) in [5, 5.41) is 11.8. The number of thioether (sulfide) groups is 1. The maximum Gasteiger partial charge on any atom is 0.238 e. The van der Waals surface area contributed by atoms with Gasteiger partial charge in [0.1, 0.15) is 11.1 Å². The zero-order valence-corrected chi connectivity index (χ0v) is 12.9. The molecule has 0 saturated heterocycles. The van der Waals surface area contributed by atoms with Crippen LogP contribution in [-0.2, 0) is 11.8 Å². The number of carbonyl (C=O) groups excluding carboxylic acids is 1. The molecule has 3 rings (SSSR count). The number of hydrogen-bond donors (Lipinski definition) is 1. The zero-order valence-electron chi connectivity index (χ0n) is 12.1. The van der Waals surface area contributed by atoms with E-state index in [2.05, 4.69) is 15.5 Å². The monoisotopic (exact) mass is 302 g/mol. The molecule has 0 spiro atoms. The van der Waals surface area contributed by atoms with Crippen LogP contribution in [0.15, 0.2) is 35.5 Å². The van der Waals surface area contributed by atoms with E-state index in [1.807, 2.05) is 48.9 Å². The van der Waals surface area contributed by atoms with Crippen molar-refractivity contribution in [2.24, 2.45) is 7.05 Å². The fourth-order valence-corrected chi connectivity index (χ4v) is 3.06. The molecule has 1 amide bonds. The summed E-state index contributed by atoms with van der Waals surface area (Å²) >= 11 is 1.44. The summed E-state index contributed by atoms with van der Waals surface area (Å²) in [4.78, 5) is 12.5. The molecule has 0 unspecified atom stereocenters. The number of aryl methyl sites for hydroxylation is 1. The van der Waals surface area contributed by atoms with Crippen LogP contribution in [-0.4, -0.2) is 26.7 Å². The fraction of sp³-hybridized carbons (Fsp3) is 0.400. The normalized spacial score (nSPS) is 15.7. The average Bonchev–Trinajstić information content (AvgIpc) is 3.25. The second-order valence-corrected chi connectivity index (χ2v) is 6.35. The Morgan fingerprint density at radius 2 is 2.05 bits per heavy atom. The lowest BCUT2D eigenvalue weighted by Crippen LogP contribution is -2.29. The Morgan fingerprint density at radius 3 is 2.62 bits per heavy atom. The SMILES string of the molecule is Cc1nnc(S[C@H](C(=O)NC2CC2)c2ccccc2)n1C. The first-order valence-corrected chi connectivity index (χ1v) is 7.91. The van der Waals surface area contributed by atoms with Gasteiger partial charge in [-0.3, -0.25) is 4.79 Å². The van der Waals surface area contributed by atoms with E-state index in [9.17, 15) is 4.79 Å². The molecule has 1 N–H and O–H groups in total. The molecule has 1 heterocycles. The van der Waals surface area contributed by atoms with Crippen LogP contribution in [0.1, 0.15) is 29.5 Å². The van der Waals surface area contributed by atoms with Gasteiger partial charge in [-0.2, -0.15) is 0 Å². The number of aromatic nitrogens is 3. The summed E-state index contributed by atoms with van der Waals surface area (Å²) < 4.78 is 1.91. The van der Waals surface area contributed by atoms with Crippen molar-refractivity contribution in [1.29, 1.82) is 0 Å².